The number of rotatable bonds is 5. The van der Waals surface area contributed by atoms with Crippen molar-refractivity contribution in [1.29, 1.82) is 0 Å². The molecule has 18 heavy (non-hydrogen) atoms. The van der Waals surface area contributed by atoms with Crippen LogP contribution < -0.4 is 16.4 Å². The minimum Gasteiger partial charge on any atom is -0.389 e. The van der Waals surface area contributed by atoms with Gasteiger partial charge in [-0.1, -0.05) is 28.1 Å². The molecule has 0 fully saturated rings. The van der Waals surface area contributed by atoms with Gasteiger partial charge in [0.05, 0.1) is 6.54 Å². The molecular formula is C12H16BrN3OS. The summed E-state index contributed by atoms with van der Waals surface area (Å²) in [6.07, 6.45) is 0. The second kappa shape index (κ2) is 6.70. The van der Waals surface area contributed by atoms with Crippen molar-refractivity contribution in [1.82, 2.24) is 5.32 Å². The van der Waals surface area contributed by atoms with Crippen molar-refractivity contribution < 1.29 is 4.79 Å². The van der Waals surface area contributed by atoms with E-state index in [9.17, 15) is 4.79 Å². The van der Waals surface area contributed by atoms with E-state index in [1.807, 2.05) is 32.0 Å². The predicted molar refractivity (Wildman–Crippen MR) is 81.8 cm³/mol. The maximum absolute atomic E-state index is 11.5. The van der Waals surface area contributed by atoms with E-state index in [-0.39, 0.29) is 18.5 Å². The Hall–Kier alpha value is -1.14. The van der Waals surface area contributed by atoms with Gasteiger partial charge in [0.2, 0.25) is 5.91 Å². The van der Waals surface area contributed by atoms with Crippen LogP contribution in [0.25, 0.3) is 0 Å². The van der Waals surface area contributed by atoms with Crippen molar-refractivity contribution in [3.05, 3.63) is 28.2 Å². The van der Waals surface area contributed by atoms with E-state index in [0.29, 0.717) is 4.99 Å². The summed E-state index contributed by atoms with van der Waals surface area (Å²) < 4.78 is 0.891. The number of nitrogens with two attached hydrogens (primary N) is 1. The first-order valence-electron chi connectivity index (χ1n) is 5.52. The summed E-state index contributed by atoms with van der Waals surface area (Å²) in [5.74, 6) is -0.0678. The lowest BCUT2D eigenvalue weighted by atomic mass is 10.2. The van der Waals surface area contributed by atoms with Crippen LogP contribution in [0.3, 0.4) is 0 Å². The van der Waals surface area contributed by atoms with Crippen LogP contribution in [0.5, 0.6) is 0 Å². The molecule has 1 aromatic rings. The SMILES string of the molecule is CC(C)NC(=O)CNc1ccc(Br)cc1C(N)=S. The maximum Gasteiger partial charge on any atom is 0.239 e. The number of carbonyl (C=O) groups excluding carboxylic acids is 1. The number of hydrogen-bond donors (Lipinski definition) is 3. The Balaban J connectivity index is 2.73. The van der Waals surface area contributed by atoms with E-state index in [0.717, 1.165) is 15.7 Å². The van der Waals surface area contributed by atoms with E-state index in [2.05, 4.69) is 26.6 Å². The van der Waals surface area contributed by atoms with Crippen molar-refractivity contribution in [3.8, 4) is 0 Å². The van der Waals surface area contributed by atoms with Crippen LogP contribution in [0, 0.1) is 0 Å². The van der Waals surface area contributed by atoms with Gasteiger partial charge >= 0.3 is 0 Å². The Morgan fingerprint density at radius 3 is 2.72 bits per heavy atom. The standard InChI is InChI=1S/C12H16BrN3OS/c1-7(2)16-11(17)6-15-10-4-3-8(13)5-9(10)12(14)18/h3-5,7,15H,6H2,1-2H3,(H2,14,18)(H,16,17). The van der Waals surface area contributed by atoms with Crippen LogP contribution in [0.15, 0.2) is 22.7 Å². The highest BCUT2D eigenvalue weighted by Gasteiger charge is 2.08. The van der Waals surface area contributed by atoms with E-state index in [1.165, 1.54) is 0 Å². The Bertz CT molecular complexity index is 463. The fourth-order valence-electron chi connectivity index (χ4n) is 1.42. The van der Waals surface area contributed by atoms with Gasteiger partial charge in [-0.15, -0.1) is 0 Å². The van der Waals surface area contributed by atoms with Crippen molar-refractivity contribution in [2.45, 2.75) is 19.9 Å². The highest BCUT2D eigenvalue weighted by atomic mass is 79.9. The molecule has 0 aliphatic rings. The highest BCUT2D eigenvalue weighted by Crippen LogP contribution is 2.20. The molecule has 0 aliphatic heterocycles. The van der Waals surface area contributed by atoms with Gasteiger partial charge in [0.25, 0.3) is 0 Å². The monoisotopic (exact) mass is 329 g/mol. The molecular weight excluding hydrogens is 314 g/mol. The summed E-state index contributed by atoms with van der Waals surface area (Å²) in [5, 5.41) is 5.82. The van der Waals surface area contributed by atoms with Gasteiger partial charge in [-0.2, -0.15) is 0 Å². The van der Waals surface area contributed by atoms with Gasteiger partial charge in [-0.3, -0.25) is 4.79 Å². The Labute approximate surface area is 120 Å². The fraction of sp³-hybridized carbons (Fsp3) is 0.333. The average Bonchev–Trinajstić information content (AvgIpc) is 2.26. The molecule has 4 nitrogen and oxygen atoms in total. The maximum atomic E-state index is 11.5. The van der Waals surface area contributed by atoms with Gasteiger partial charge in [-0.05, 0) is 32.0 Å². The lowest BCUT2D eigenvalue weighted by Gasteiger charge is -2.13. The van der Waals surface area contributed by atoms with E-state index in [1.54, 1.807) is 0 Å². The van der Waals surface area contributed by atoms with Gasteiger partial charge < -0.3 is 16.4 Å². The number of anilines is 1. The topological polar surface area (TPSA) is 67.2 Å². The molecule has 0 saturated carbocycles. The normalized spacial score (nSPS) is 10.2. The molecule has 1 aromatic carbocycles. The molecule has 0 atom stereocenters. The molecule has 0 aliphatic carbocycles. The van der Waals surface area contributed by atoms with Crippen LogP contribution in [0.4, 0.5) is 5.69 Å². The van der Waals surface area contributed by atoms with Crippen LogP contribution in [-0.2, 0) is 4.79 Å². The largest absolute Gasteiger partial charge is 0.389 e. The molecule has 0 saturated heterocycles. The van der Waals surface area contributed by atoms with E-state index >= 15 is 0 Å². The molecule has 0 radical (unpaired) electrons. The minimum atomic E-state index is -0.0678. The third kappa shape index (κ3) is 4.62. The second-order valence-electron chi connectivity index (χ2n) is 4.13. The molecule has 0 bridgehead atoms. The Kier molecular flexibility index (Phi) is 5.55. The fourth-order valence-corrected chi connectivity index (χ4v) is 1.95. The second-order valence-corrected chi connectivity index (χ2v) is 5.49. The third-order valence-electron chi connectivity index (χ3n) is 2.14. The smallest absolute Gasteiger partial charge is 0.239 e. The molecule has 98 valence electrons. The zero-order valence-electron chi connectivity index (χ0n) is 10.3. The Morgan fingerprint density at radius 1 is 1.50 bits per heavy atom. The number of benzene rings is 1. The van der Waals surface area contributed by atoms with Gasteiger partial charge in [0.15, 0.2) is 0 Å². The molecule has 0 unspecified atom stereocenters. The van der Waals surface area contributed by atoms with Gasteiger partial charge in [0.1, 0.15) is 4.99 Å². The number of hydrogen-bond acceptors (Lipinski definition) is 3. The van der Waals surface area contributed by atoms with E-state index < -0.39 is 0 Å². The highest BCUT2D eigenvalue weighted by molar-refractivity contribution is 9.10. The summed E-state index contributed by atoms with van der Waals surface area (Å²) in [5.41, 5.74) is 7.11. The average molecular weight is 330 g/mol. The minimum absolute atomic E-state index is 0.0678. The molecule has 6 heteroatoms. The third-order valence-corrected chi connectivity index (χ3v) is 2.85. The number of amides is 1. The number of nitrogens with one attached hydrogen (secondary N) is 2. The zero-order chi connectivity index (χ0) is 13.7. The predicted octanol–water partition coefficient (Wildman–Crippen LogP) is 2.02. The van der Waals surface area contributed by atoms with Crippen LogP contribution in [0.2, 0.25) is 0 Å². The van der Waals surface area contributed by atoms with Crippen LogP contribution in [0.1, 0.15) is 19.4 Å². The molecule has 1 amide bonds. The zero-order valence-corrected chi connectivity index (χ0v) is 12.7. The lowest BCUT2D eigenvalue weighted by Crippen LogP contribution is -2.35. The number of thiocarbonyl (C=S) groups is 1. The van der Waals surface area contributed by atoms with Crippen LogP contribution >= 0.6 is 28.1 Å². The van der Waals surface area contributed by atoms with Crippen molar-refractivity contribution in [3.63, 3.8) is 0 Å². The first-order chi connectivity index (χ1) is 8.40. The first kappa shape index (κ1) is 14.9. The molecule has 0 heterocycles. The van der Waals surface area contributed by atoms with Crippen LogP contribution in [-0.4, -0.2) is 23.5 Å². The summed E-state index contributed by atoms with van der Waals surface area (Å²) in [6.45, 7) is 4.02. The number of halogens is 1. The summed E-state index contributed by atoms with van der Waals surface area (Å²) in [6, 6.07) is 5.65. The first-order valence-corrected chi connectivity index (χ1v) is 6.73. The number of carbonyl (C=O) groups is 1. The summed E-state index contributed by atoms with van der Waals surface area (Å²) in [7, 11) is 0. The lowest BCUT2D eigenvalue weighted by molar-refractivity contribution is -0.119. The molecule has 0 spiro atoms. The molecule has 1 rings (SSSR count). The van der Waals surface area contributed by atoms with Crippen molar-refractivity contribution in [2.24, 2.45) is 5.73 Å². The van der Waals surface area contributed by atoms with Gasteiger partial charge in [0, 0.05) is 21.8 Å². The molecule has 0 aromatic heterocycles. The van der Waals surface area contributed by atoms with Crippen molar-refractivity contribution >= 4 is 44.7 Å². The summed E-state index contributed by atoms with van der Waals surface area (Å²) >= 11 is 8.33. The van der Waals surface area contributed by atoms with E-state index in [4.69, 9.17) is 18.0 Å². The molecule has 4 N–H and O–H groups in total. The summed E-state index contributed by atoms with van der Waals surface area (Å²) in [4.78, 5) is 11.8. The van der Waals surface area contributed by atoms with Gasteiger partial charge in [-0.25, -0.2) is 0 Å². The van der Waals surface area contributed by atoms with Crippen molar-refractivity contribution in [2.75, 3.05) is 11.9 Å². The quantitative estimate of drug-likeness (QED) is 0.723. The Morgan fingerprint density at radius 2 is 2.17 bits per heavy atom.